The maximum absolute atomic E-state index is 13.4. The zero-order valence-electron chi connectivity index (χ0n) is 19.1. The van der Waals surface area contributed by atoms with E-state index in [0.29, 0.717) is 10.7 Å². The Kier molecular flexibility index (Phi) is 6.39. The van der Waals surface area contributed by atoms with E-state index in [2.05, 4.69) is 25.9 Å². The number of H-pyrrole nitrogens is 1. The molecule has 0 fully saturated rings. The van der Waals surface area contributed by atoms with Crippen molar-refractivity contribution in [3.05, 3.63) is 116 Å². The number of halogens is 1. The maximum atomic E-state index is 13.4. The molecule has 5 nitrogen and oxygen atoms in total. The van der Waals surface area contributed by atoms with Gasteiger partial charge < -0.3 is 0 Å². The van der Waals surface area contributed by atoms with Gasteiger partial charge in [-0.25, -0.2) is 13.1 Å². The lowest BCUT2D eigenvalue weighted by Crippen LogP contribution is -2.35. The minimum absolute atomic E-state index is 0.00175. The zero-order valence-corrected chi connectivity index (χ0v) is 20.7. The monoisotopic (exact) mass is 492 g/mol. The van der Waals surface area contributed by atoms with Crippen molar-refractivity contribution < 1.29 is 8.42 Å². The molecule has 4 rings (SSSR count). The van der Waals surface area contributed by atoms with Gasteiger partial charge in [0, 0.05) is 5.02 Å². The van der Waals surface area contributed by atoms with Crippen molar-refractivity contribution in [3.8, 4) is 5.69 Å². The van der Waals surface area contributed by atoms with Crippen LogP contribution in [-0.2, 0) is 15.3 Å². The van der Waals surface area contributed by atoms with Gasteiger partial charge in [-0.15, -0.1) is 0 Å². The Morgan fingerprint density at radius 3 is 2.09 bits per heavy atom. The van der Waals surface area contributed by atoms with Gasteiger partial charge in [-0.2, -0.15) is 0 Å². The largest absolute Gasteiger partial charge is 0.290 e. The summed E-state index contributed by atoms with van der Waals surface area (Å²) in [6.45, 7) is 6.39. The van der Waals surface area contributed by atoms with Crippen LogP contribution in [0.15, 0.2) is 88.6 Å². The fourth-order valence-electron chi connectivity index (χ4n) is 3.55. The SMILES string of the molecule is CC(C)(C)c1ccc(/C=c2/c(=O)n(-c3ccccc3)[nH]/c2=C\S(=O)(=O)c2ccc(Cl)cc2)cc1. The van der Waals surface area contributed by atoms with E-state index < -0.39 is 9.84 Å². The third-order valence-corrected chi connectivity index (χ3v) is 7.20. The van der Waals surface area contributed by atoms with Crippen LogP contribution in [0, 0.1) is 0 Å². The van der Waals surface area contributed by atoms with E-state index >= 15 is 0 Å². The fourth-order valence-corrected chi connectivity index (χ4v) is 4.82. The highest BCUT2D eigenvalue weighted by Crippen LogP contribution is 2.22. The number of aromatic amines is 1. The molecule has 0 saturated heterocycles. The molecule has 0 radical (unpaired) electrons. The molecule has 0 saturated carbocycles. The molecule has 7 heteroatoms. The second-order valence-electron chi connectivity index (χ2n) is 9.05. The second kappa shape index (κ2) is 9.12. The smallest absolute Gasteiger partial charge is 0.279 e. The molecule has 1 N–H and O–H groups in total. The van der Waals surface area contributed by atoms with Crippen LogP contribution < -0.4 is 16.1 Å². The molecule has 0 bridgehead atoms. The Bertz CT molecular complexity index is 1590. The van der Waals surface area contributed by atoms with Gasteiger partial charge in [-0.1, -0.05) is 74.8 Å². The molecule has 0 aliphatic rings. The van der Waals surface area contributed by atoms with Crippen molar-refractivity contribution in [2.24, 2.45) is 0 Å². The number of benzene rings is 3. The molecule has 4 aromatic rings. The second-order valence-corrected chi connectivity index (χ2v) is 11.3. The standard InChI is InChI=1S/C27H25ClN2O3S/c1-27(2,3)20-11-9-19(10-12-20)17-24-25(18-34(32,33)23-15-13-21(28)14-16-23)29-30(26(24)31)22-7-5-4-6-8-22/h4-18,29H,1-3H3/b24-17+,25-18-. The summed E-state index contributed by atoms with van der Waals surface area (Å²) in [7, 11) is -3.84. The Morgan fingerprint density at radius 2 is 1.50 bits per heavy atom. The highest BCUT2D eigenvalue weighted by molar-refractivity contribution is 7.98. The van der Waals surface area contributed by atoms with Crippen LogP contribution in [0.5, 0.6) is 0 Å². The third kappa shape index (κ3) is 5.08. The van der Waals surface area contributed by atoms with Gasteiger partial charge >= 0.3 is 0 Å². The van der Waals surface area contributed by atoms with Crippen LogP contribution in [0.4, 0.5) is 0 Å². The molecular weight excluding hydrogens is 468 g/mol. The van der Waals surface area contributed by atoms with Crippen LogP contribution in [0.3, 0.4) is 0 Å². The van der Waals surface area contributed by atoms with Gasteiger partial charge in [-0.3, -0.25) is 9.89 Å². The van der Waals surface area contributed by atoms with Crippen LogP contribution in [-0.4, -0.2) is 18.2 Å². The number of nitrogens with zero attached hydrogens (tertiary/aromatic N) is 1. The van der Waals surface area contributed by atoms with Gasteiger partial charge in [0.1, 0.15) is 0 Å². The summed E-state index contributed by atoms with van der Waals surface area (Å²) in [6, 6.07) is 22.8. The summed E-state index contributed by atoms with van der Waals surface area (Å²) in [5.41, 5.74) is 2.22. The Labute approximate surface area is 203 Å². The first-order valence-corrected chi connectivity index (χ1v) is 12.7. The molecule has 174 valence electrons. The quantitative estimate of drug-likeness (QED) is 0.465. The fraction of sp³-hybridized carbons (Fsp3) is 0.148. The minimum atomic E-state index is -3.84. The molecular formula is C27H25ClN2O3S. The summed E-state index contributed by atoms with van der Waals surface area (Å²) < 4.78 is 27.5. The van der Waals surface area contributed by atoms with Crippen molar-refractivity contribution in [2.75, 3.05) is 0 Å². The number of sulfone groups is 1. The average Bonchev–Trinajstić information content (AvgIpc) is 3.09. The zero-order chi connectivity index (χ0) is 24.5. The lowest BCUT2D eigenvalue weighted by atomic mass is 9.87. The van der Waals surface area contributed by atoms with Gasteiger partial charge in [-0.05, 0) is 59.0 Å². The topological polar surface area (TPSA) is 71.9 Å². The molecule has 1 aromatic heterocycles. The van der Waals surface area contributed by atoms with Crippen molar-refractivity contribution in [1.29, 1.82) is 0 Å². The summed E-state index contributed by atoms with van der Waals surface area (Å²) in [6.07, 6.45) is 1.70. The van der Waals surface area contributed by atoms with Crippen molar-refractivity contribution >= 4 is 32.9 Å². The summed E-state index contributed by atoms with van der Waals surface area (Å²) in [4.78, 5) is 13.4. The Morgan fingerprint density at radius 1 is 0.882 bits per heavy atom. The Hall–Kier alpha value is -3.35. The van der Waals surface area contributed by atoms with Crippen LogP contribution >= 0.6 is 11.6 Å². The molecule has 0 unspecified atom stereocenters. The number of aromatic nitrogens is 2. The van der Waals surface area contributed by atoms with Crippen LogP contribution in [0.1, 0.15) is 31.9 Å². The minimum Gasteiger partial charge on any atom is -0.290 e. The molecule has 0 aliphatic heterocycles. The highest BCUT2D eigenvalue weighted by atomic mass is 35.5. The molecule has 0 atom stereocenters. The summed E-state index contributed by atoms with van der Waals surface area (Å²) >= 11 is 5.91. The first-order valence-electron chi connectivity index (χ1n) is 10.8. The number of nitrogens with one attached hydrogen (secondary N) is 1. The van der Waals surface area contributed by atoms with Gasteiger partial charge in [0.15, 0.2) is 0 Å². The third-order valence-electron chi connectivity index (χ3n) is 5.47. The maximum Gasteiger partial charge on any atom is 0.279 e. The predicted octanol–water partition coefficient (Wildman–Crippen LogP) is 4.16. The number of para-hydroxylation sites is 1. The lowest BCUT2D eigenvalue weighted by Gasteiger charge is -2.18. The number of rotatable bonds is 4. The van der Waals surface area contributed by atoms with Crippen molar-refractivity contribution in [3.63, 3.8) is 0 Å². The Balaban J connectivity index is 1.94. The first kappa shape index (κ1) is 23.8. The van der Waals surface area contributed by atoms with E-state index in [1.54, 1.807) is 18.2 Å². The van der Waals surface area contributed by atoms with Crippen molar-refractivity contribution in [1.82, 2.24) is 9.78 Å². The molecule has 0 spiro atoms. The highest BCUT2D eigenvalue weighted by Gasteiger charge is 2.15. The molecule has 0 amide bonds. The molecule has 34 heavy (non-hydrogen) atoms. The van der Waals surface area contributed by atoms with Gasteiger partial charge in [0.05, 0.1) is 26.6 Å². The van der Waals surface area contributed by atoms with Gasteiger partial charge in [0.2, 0.25) is 9.84 Å². The number of hydrogen-bond acceptors (Lipinski definition) is 3. The van der Waals surface area contributed by atoms with Crippen LogP contribution in [0.25, 0.3) is 17.2 Å². The van der Waals surface area contributed by atoms with E-state index in [0.717, 1.165) is 16.5 Å². The molecule has 1 heterocycles. The first-order chi connectivity index (χ1) is 16.0. The van der Waals surface area contributed by atoms with E-state index in [9.17, 15) is 13.2 Å². The van der Waals surface area contributed by atoms with Crippen molar-refractivity contribution in [2.45, 2.75) is 31.1 Å². The van der Waals surface area contributed by atoms with E-state index in [1.807, 2.05) is 42.5 Å². The molecule has 0 aliphatic carbocycles. The summed E-state index contributed by atoms with van der Waals surface area (Å²) in [5, 5.41) is 4.95. The van der Waals surface area contributed by atoms with Crippen LogP contribution in [0.2, 0.25) is 5.02 Å². The van der Waals surface area contributed by atoms with Gasteiger partial charge in [0.25, 0.3) is 5.56 Å². The average molecular weight is 493 g/mol. The predicted molar refractivity (Wildman–Crippen MR) is 137 cm³/mol. The summed E-state index contributed by atoms with van der Waals surface area (Å²) in [5.74, 6) is 0. The number of hydrogen-bond donors (Lipinski definition) is 1. The normalized spacial score (nSPS) is 13.4. The lowest BCUT2D eigenvalue weighted by molar-refractivity contribution is 0.590. The van der Waals surface area contributed by atoms with E-state index in [4.69, 9.17) is 11.6 Å². The van der Waals surface area contributed by atoms with E-state index in [1.165, 1.54) is 28.9 Å². The van der Waals surface area contributed by atoms with E-state index in [-0.39, 0.29) is 26.4 Å². The molecule has 3 aromatic carbocycles.